The molecule has 6 rings (SSSR count). The van der Waals surface area contributed by atoms with Crippen LogP contribution in [-0.2, 0) is 16.1 Å². The van der Waals surface area contributed by atoms with Crippen LogP contribution in [-0.4, -0.2) is 67.7 Å². The fourth-order valence-corrected chi connectivity index (χ4v) is 7.44. The van der Waals surface area contributed by atoms with Crippen LogP contribution in [0, 0.1) is 12.7 Å². The Hall–Kier alpha value is -3.81. The fourth-order valence-electron chi connectivity index (χ4n) is 6.19. The highest BCUT2D eigenvalue weighted by Crippen LogP contribution is 2.36. The molecular weight excluding hydrogens is 577 g/mol. The van der Waals surface area contributed by atoms with Gasteiger partial charge in [-0.05, 0) is 63.3 Å². The van der Waals surface area contributed by atoms with E-state index in [2.05, 4.69) is 5.10 Å². The molecule has 1 aliphatic heterocycles. The number of likely N-dealkylation sites (tertiary alicyclic amines) is 1. The Morgan fingerprint density at radius 2 is 1.93 bits per heavy atom. The molecule has 0 spiro atoms. The van der Waals surface area contributed by atoms with Crippen LogP contribution >= 0.6 is 11.3 Å². The van der Waals surface area contributed by atoms with Crippen molar-refractivity contribution in [3.05, 3.63) is 74.4 Å². The van der Waals surface area contributed by atoms with Crippen LogP contribution in [0.25, 0.3) is 15.2 Å². The normalized spacial score (nSPS) is 21.6. The lowest BCUT2D eigenvalue weighted by molar-refractivity contribution is -0.129. The van der Waals surface area contributed by atoms with E-state index in [9.17, 15) is 23.9 Å². The van der Waals surface area contributed by atoms with Gasteiger partial charge >= 0.3 is 5.69 Å². The molecule has 43 heavy (non-hydrogen) atoms. The highest BCUT2D eigenvalue weighted by Gasteiger charge is 2.36. The summed E-state index contributed by atoms with van der Waals surface area (Å²) < 4.78 is 31.0. The number of aliphatic hydroxyl groups excluding tert-OH is 1. The first-order valence-electron chi connectivity index (χ1n) is 14.4. The number of aryl methyl sites for hydroxylation is 1. The van der Waals surface area contributed by atoms with E-state index in [1.165, 1.54) is 46.1 Å². The molecule has 1 N–H and O–H groups in total. The first-order valence-corrected chi connectivity index (χ1v) is 15.2. The minimum atomic E-state index is -0.934. The van der Waals surface area contributed by atoms with E-state index in [4.69, 9.17) is 9.47 Å². The Bertz CT molecular complexity index is 1770. The van der Waals surface area contributed by atoms with Crippen molar-refractivity contribution >= 4 is 27.5 Å². The maximum atomic E-state index is 14.7. The summed E-state index contributed by atoms with van der Waals surface area (Å²) in [5.74, 6) is -0.392. The van der Waals surface area contributed by atoms with Gasteiger partial charge in [0.1, 0.15) is 33.5 Å². The minimum absolute atomic E-state index is 0.0657. The Kier molecular flexibility index (Phi) is 7.96. The Labute approximate surface area is 250 Å². The molecule has 0 radical (unpaired) electrons. The summed E-state index contributed by atoms with van der Waals surface area (Å²) in [5.41, 5.74) is -0.109. The minimum Gasteiger partial charge on any atom is -0.496 e. The smallest absolute Gasteiger partial charge is 0.332 e. The van der Waals surface area contributed by atoms with Crippen LogP contribution in [0.5, 0.6) is 5.75 Å². The molecular formula is C30H34FN5O6S. The first-order chi connectivity index (χ1) is 20.7. The predicted molar refractivity (Wildman–Crippen MR) is 159 cm³/mol. The maximum Gasteiger partial charge on any atom is 0.332 e. The topological polar surface area (TPSA) is 121 Å². The molecule has 4 aromatic rings. The van der Waals surface area contributed by atoms with Gasteiger partial charge in [-0.15, -0.1) is 0 Å². The molecule has 1 amide bonds. The number of ether oxygens (including phenoxy) is 2. The van der Waals surface area contributed by atoms with Gasteiger partial charge in [-0.25, -0.2) is 18.4 Å². The van der Waals surface area contributed by atoms with E-state index in [-0.39, 0.29) is 18.6 Å². The second-order valence-electron chi connectivity index (χ2n) is 11.2. The third-order valence-corrected chi connectivity index (χ3v) is 9.83. The van der Waals surface area contributed by atoms with Crippen molar-refractivity contribution < 1.29 is 23.8 Å². The lowest BCUT2D eigenvalue weighted by Crippen LogP contribution is -2.45. The van der Waals surface area contributed by atoms with Gasteiger partial charge < -0.3 is 19.5 Å². The Morgan fingerprint density at radius 3 is 2.58 bits per heavy atom. The number of thiophene rings is 1. The average molecular weight is 612 g/mol. The average Bonchev–Trinajstić information content (AvgIpc) is 3.72. The number of hydrogen-bond donors (Lipinski definition) is 1. The predicted octanol–water partition coefficient (Wildman–Crippen LogP) is 3.33. The Morgan fingerprint density at radius 1 is 1.16 bits per heavy atom. The molecule has 1 saturated heterocycles. The van der Waals surface area contributed by atoms with E-state index in [1.807, 2.05) is 0 Å². The van der Waals surface area contributed by atoms with Gasteiger partial charge in [0.15, 0.2) is 0 Å². The van der Waals surface area contributed by atoms with Gasteiger partial charge in [0.05, 0.1) is 31.2 Å². The van der Waals surface area contributed by atoms with Gasteiger partial charge in [-0.2, -0.15) is 5.10 Å². The van der Waals surface area contributed by atoms with Crippen molar-refractivity contribution in [1.29, 1.82) is 0 Å². The SMILES string of the molecule is COc1ccc(F)cc1[C@H](Cn1c(=O)n([C@@H]2CCN(C)C2=O)c(=O)c2c(C)c(-n3cccn3)sc21)O[C@H]1CC[C@H](O)CC1. The number of halogens is 1. The molecule has 1 saturated carbocycles. The number of aliphatic hydroxyl groups is 1. The number of fused-ring (bicyclic) bond motifs is 1. The number of aromatic nitrogens is 4. The van der Waals surface area contributed by atoms with Crippen LogP contribution in [0.1, 0.15) is 55.4 Å². The van der Waals surface area contributed by atoms with E-state index >= 15 is 0 Å². The van der Waals surface area contributed by atoms with Gasteiger partial charge in [0, 0.05) is 37.1 Å². The van der Waals surface area contributed by atoms with E-state index < -0.39 is 35.3 Å². The molecule has 2 aliphatic rings. The molecule has 0 unspecified atom stereocenters. The van der Waals surface area contributed by atoms with E-state index in [0.717, 1.165) is 4.57 Å². The molecule has 13 heteroatoms. The number of likely N-dealkylation sites (N-methyl/N-ethyl adjacent to an activating group) is 1. The number of carbonyl (C=O) groups excluding carboxylic acids is 1. The lowest BCUT2D eigenvalue weighted by Gasteiger charge is -2.31. The maximum absolute atomic E-state index is 14.7. The summed E-state index contributed by atoms with van der Waals surface area (Å²) in [7, 11) is 3.13. The van der Waals surface area contributed by atoms with Crippen LogP contribution < -0.4 is 16.0 Å². The van der Waals surface area contributed by atoms with Crippen LogP contribution in [0.3, 0.4) is 0 Å². The van der Waals surface area contributed by atoms with Crippen molar-refractivity contribution in [3.63, 3.8) is 0 Å². The molecule has 0 bridgehead atoms. The van der Waals surface area contributed by atoms with Gasteiger partial charge in [-0.1, -0.05) is 11.3 Å². The molecule has 2 fully saturated rings. The largest absolute Gasteiger partial charge is 0.496 e. The zero-order chi connectivity index (χ0) is 30.4. The second kappa shape index (κ2) is 11.7. The van der Waals surface area contributed by atoms with Crippen molar-refractivity contribution in [2.24, 2.45) is 0 Å². The van der Waals surface area contributed by atoms with Crippen LogP contribution in [0.4, 0.5) is 4.39 Å². The number of carbonyl (C=O) groups is 1. The van der Waals surface area contributed by atoms with Gasteiger partial charge in [0.25, 0.3) is 5.56 Å². The number of amides is 1. The molecule has 2 atom stereocenters. The zero-order valence-electron chi connectivity index (χ0n) is 24.2. The third-order valence-electron chi connectivity index (χ3n) is 8.53. The molecule has 228 valence electrons. The van der Waals surface area contributed by atoms with Crippen molar-refractivity contribution in [1.82, 2.24) is 23.8 Å². The molecule has 4 heterocycles. The Balaban J connectivity index is 1.55. The number of methoxy groups -OCH3 is 1. The zero-order valence-corrected chi connectivity index (χ0v) is 25.1. The van der Waals surface area contributed by atoms with Crippen molar-refractivity contribution in [2.45, 2.75) is 69.9 Å². The summed E-state index contributed by atoms with van der Waals surface area (Å²) in [4.78, 5) is 43.4. The monoisotopic (exact) mass is 611 g/mol. The van der Waals surface area contributed by atoms with E-state index in [1.54, 1.807) is 37.1 Å². The number of benzene rings is 1. The lowest BCUT2D eigenvalue weighted by atomic mass is 9.94. The summed E-state index contributed by atoms with van der Waals surface area (Å²) >= 11 is 1.25. The van der Waals surface area contributed by atoms with Crippen molar-refractivity contribution in [2.75, 3.05) is 20.7 Å². The molecule has 1 aromatic carbocycles. The number of nitrogens with zero attached hydrogens (tertiary/aromatic N) is 5. The molecule has 1 aliphatic carbocycles. The van der Waals surface area contributed by atoms with Gasteiger partial charge in [-0.3, -0.25) is 14.2 Å². The van der Waals surface area contributed by atoms with Gasteiger partial charge in [0.2, 0.25) is 5.91 Å². The fraction of sp³-hybridized carbons (Fsp3) is 0.467. The van der Waals surface area contributed by atoms with Crippen LogP contribution in [0.15, 0.2) is 46.2 Å². The van der Waals surface area contributed by atoms with Crippen molar-refractivity contribution in [3.8, 4) is 10.8 Å². The summed E-state index contributed by atoms with van der Waals surface area (Å²) in [6.07, 6.45) is 4.58. The summed E-state index contributed by atoms with van der Waals surface area (Å²) in [5, 5.41) is 15.4. The van der Waals surface area contributed by atoms with Crippen LogP contribution in [0.2, 0.25) is 0 Å². The highest BCUT2D eigenvalue weighted by molar-refractivity contribution is 7.21. The number of hydrogen-bond acceptors (Lipinski definition) is 8. The summed E-state index contributed by atoms with van der Waals surface area (Å²) in [6, 6.07) is 4.98. The quantitative estimate of drug-likeness (QED) is 0.325. The highest BCUT2D eigenvalue weighted by atomic mass is 32.1. The second-order valence-corrected chi connectivity index (χ2v) is 12.2. The third kappa shape index (κ3) is 5.30. The summed E-state index contributed by atoms with van der Waals surface area (Å²) in [6.45, 7) is 2.16. The molecule has 11 nitrogen and oxygen atoms in total. The first kappa shape index (κ1) is 29.3. The van der Waals surface area contributed by atoms with E-state index in [0.29, 0.717) is 70.7 Å². The standard InChI is InChI=1S/C30H34FN5O6S/c1-17-25-27(39)36(22-11-14-33(2)26(22)38)30(40)34(29(25)43-28(17)35-13-4-12-32-35)16-24(42-20-8-6-19(37)7-9-20)21-15-18(31)5-10-23(21)41-3/h4-5,10,12-13,15,19-20,22,24,37H,6-9,11,14,16H2,1-3H3/t19-,20-,22-,24+/m1/s1. The number of rotatable bonds is 8. The molecule has 3 aromatic heterocycles.